The molecule has 0 aromatic rings. The van der Waals surface area contributed by atoms with Crippen molar-refractivity contribution < 1.29 is 5.11 Å². The average Bonchev–Trinajstić information content (AvgIpc) is 2.46. The summed E-state index contributed by atoms with van der Waals surface area (Å²) < 4.78 is 0. The van der Waals surface area contributed by atoms with Crippen molar-refractivity contribution in [1.29, 1.82) is 0 Å². The third-order valence-electron chi connectivity index (χ3n) is 2.76. The molecule has 0 aliphatic heterocycles. The first-order chi connectivity index (χ1) is 4.74. The van der Waals surface area contributed by atoms with Gasteiger partial charge >= 0.3 is 0 Å². The summed E-state index contributed by atoms with van der Waals surface area (Å²) in [6.45, 7) is 3.65. The van der Waals surface area contributed by atoms with E-state index in [0.29, 0.717) is 11.8 Å². The Bertz CT molecular complexity index is 195. The number of allylic oxidation sites excluding steroid dienone is 1. The van der Waals surface area contributed by atoms with Gasteiger partial charge < -0.3 is 5.11 Å². The molecule has 1 heteroatoms. The molecule has 1 N–H and O–H groups in total. The van der Waals surface area contributed by atoms with Gasteiger partial charge in [0.25, 0.3) is 0 Å². The monoisotopic (exact) mass is 136 g/mol. The Morgan fingerprint density at radius 2 is 2.40 bits per heavy atom. The van der Waals surface area contributed by atoms with Crippen LogP contribution in [-0.4, -0.2) is 10.7 Å². The normalized spacial score (nSPS) is 50.1. The van der Waals surface area contributed by atoms with Crippen molar-refractivity contribution in [2.24, 2.45) is 11.8 Å². The predicted molar refractivity (Wildman–Crippen MR) is 40.5 cm³/mol. The predicted octanol–water partition coefficient (Wildman–Crippen LogP) is 1.50. The minimum atomic E-state index is -0.570. The Morgan fingerprint density at radius 1 is 1.60 bits per heavy atom. The van der Waals surface area contributed by atoms with Crippen LogP contribution in [0.5, 0.6) is 0 Å². The molecule has 1 saturated carbocycles. The van der Waals surface area contributed by atoms with Crippen LogP contribution >= 0.6 is 0 Å². The standard InChI is InChI=1S/C9H12O/c1-2-9(10)6-7-3-4-8(9)5-7/h2-4,7-8,10H,1,5-6H2/t7-,8+,9+/m1/s1. The fourth-order valence-electron chi connectivity index (χ4n) is 2.10. The summed E-state index contributed by atoms with van der Waals surface area (Å²) in [5.41, 5.74) is -0.570. The third-order valence-corrected chi connectivity index (χ3v) is 2.76. The molecule has 2 aliphatic rings. The highest BCUT2D eigenvalue weighted by Crippen LogP contribution is 2.46. The van der Waals surface area contributed by atoms with Crippen LogP contribution in [0.15, 0.2) is 24.8 Å². The largest absolute Gasteiger partial charge is 0.385 e. The summed E-state index contributed by atoms with van der Waals surface area (Å²) in [5.74, 6) is 0.975. The average molecular weight is 136 g/mol. The number of hydrogen-bond donors (Lipinski definition) is 1. The lowest BCUT2D eigenvalue weighted by Crippen LogP contribution is -2.30. The van der Waals surface area contributed by atoms with E-state index >= 15 is 0 Å². The summed E-state index contributed by atoms with van der Waals surface area (Å²) in [4.78, 5) is 0. The van der Waals surface area contributed by atoms with Crippen LogP contribution in [0.25, 0.3) is 0 Å². The smallest absolute Gasteiger partial charge is 0.0893 e. The fraction of sp³-hybridized carbons (Fsp3) is 0.556. The van der Waals surface area contributed by atoms with E-state index in [1.165, 1.54) is 0 Å². The first-order valence-corrected chi connectivity index (χ1v) is 3.79. The van der Waals surface area contributed by atoms with Crippen molar-refractivity contribution in [3.05, 3.63) is 24.8 Å². The molecule has 54 valence electrons. The second-order valence-corrected chi connectivity index (χ2v) is 3.39. The molecule has 0 spiro atoms. The van der Waals surface area contributed by atoms with Gasteiger partial charge in [-0.1, -0.05) is 18.2 Å². The maximum Gasteiger partial charge on any atom is 0.0893 e. The van der Waals surface area contributed by atoms with E-state index in [0.717, 1.165) is 12.8 Å². The number of aliphatic hydroxyl groups is 1. The van der Waals surface area contributed by atoms with Crippen LogP contribution in [-0.2, 0) is 0 Å². The zero-order chi connectivity index (χ0) is 7.19. The van der Waals surface area contributed by atoms with E-state index in [1.54, 1.807) is 6.08 Å². The van der Waals surface area contributed by atoms with Crippen LogP contribution in [0.4, 0.5) is 0 Å². The minimum Gasteiger partial charge on any atom is -0.385 e. The van der Waals surface area contributed by atoms with Crippen molar-refractivity contribution >= 4 is 0 Å². The Morgan fingerprint density at radius 3 is 2.70 bits per heavy atom. The zero-order valence-corrected chi connectivity index (χ0v) is 5.96. The van der Waals surface area contributed by atoms with Crippen LogP contribution in [0.3, 0.4) is 0 Å². The summed E-state index contributed by atoms with van der Waals surface area (Å²) in [6.07, 6.45) is 8.04. The van der Waals surface area contributed by atoms with Gasteiger partial charge in [-0.15, -0.1) is 6.58 Å². The molecule has 10 heavy (non-hydrogen) atoms. The maximum absolute atomic E-state index is 9.82. The Hall–Kier alpha value is -0.560. The summed E-state index contributed by atoms with van der Waals surface area (Å²) in [5, 5.41) is 9.82. The molecule has 1 fully saturated rings. The number of rotatable bonds is 1. The highest BCUT2D eigenvalue weighted by Gasteiger charge is 2.44. The molecule has 0 unspecified atom stereocenters. The van der Waals surface area contributed by atoms with Crippen molar-refractivity contribution in [3.63, 3.8) is 0 Å². The van der Waals surface area contributed by atoms with E-state index < -0.39 is 5.60 Å². The molecule has 0 aromatic heterocycles. The van der Waals surface area contributed by atoms with E-state index in [9.17, 15) is 5.11 Å². The summed E-state index contributed by atoms with van der Waals surface area (Å²) in [6, 6.07) is 0. The molecule has 0 aromatic carbocycles. The Kier molecular flexibility index (Phi) is 1.07. The first-order valence-electron chi connectivity index (χ1n) is 3.79. The van der Waals surface area contributed by atoms with Crippen LogP contribution in [0, 0.1) is 11.8 Å². The van der Waals surface area contributed by atoms with E-state index in [2.05, 4.69) is 18.7 Å². The Balaban J connectivity index is 2.30. The van der Waals surface area contributed by atoms with Crippen LogP contribution in [0.1, 0.15) is 12.8 Å². The molecule has 2 rings (SSSR count). The molecule has 0 radical (unpaired) electrons. The molecule has 2 aliphatic carbocycles. The van der Waals surface area contributed by atoms with Gasteiger partial charge in [0.15, 0.2) is 0 Å². The fourth-order valence-corrected chi connectivity index (χ4v) is 2.10. The quantitative estimate of drug-likeness (QED) is 0.541. The summed E-state index contributed by atoms with van der Waals surface area (Å²) in [7, 11) is 0. The highest BCUT2D eigenvalue weighted by molar-refractivity contribution is 5.21. The molecule has 0 amide bonds. The van der Waals surface area contributed by atoms with Crippen molar-refractivity contribution in [2.75, 3.05) is 0 Å². The van der Waals surface area contributed by atoms with Crippen molar-refractivity contribution in [3.8, 4) is 0 Å². The maximum atomic E-state index is 9.82. The lowest BCUT2D eigenvalue weighted by atomic mass is 9.89. The zero-order valence-electron chi connectivity index (χ0n) is 5.96. The van der Waals surface area contributed by atoms with Gasteiger partial charge in [0.1, 0.15) is 0 Å². The van der Waals surface area contributed by atoms with Crippen LogP contribution in [0.2, 0.25) is 0 Å². The SMILES string of the molecule is C=C[C@]1(O)C[C@@H]2C=C[C@H]1C2. The van der Waals surface area contributed by atoms with E-state index in [-0.39, 0.29) is 0 Å². The molecular weight excluding hydrogens is 124 g/mol. The molecule has 0 heterocycles. The second kappa shape index (κ2) is 1.73. The first kappa shape index (κ1) is 6.17. The summed E-state index contributed by atoms with van der Waals surface area (Å²) >= 11 is 0. The lowest BCUT2D eigenvalue weighted by Gasteiger charge is -2.25. The van der Waals surface area contributed by atoms with E-state index in [4.69, 9.17) is 0 Å². The molecular formula is C9H12O. The number of fused-ring (bicyclic) bond motifs is 2. The molecule has 1 nitrogen and oxygen atoms in total. The van der Waals surface area contributed by atoms with Gasteiger partial charge in [-0.05, 0) is 18.8 Å². The van der Waals surface area contributed by atoms with Gasteiger partial charge in [0, 0.05) is 5.92 Å². The Labute approximate surface area is 61.1 Å². The van der Waals surface area contributed by atoms with Gasteiger partial charge in [-0.3, -0.25) is 0 Å². The minimum absolute atomic E-state index is 0.356. The molecule has 2 bridgehead atoms. The molecule has 0 saturated heterocycles. The topological polar surface area (TPSA) is 20.2 Å². The van der Waals surface area contributed by atoms with Gasteiger partial charge in [0.2, 0.25) is 0 Å². The van der Waals surface area contributed by atoms with Crippen molar-refractivity contribution in [2.45, 2.75) is 18.4 Å². The highest BCUT2D eigenvalue weighted by atomic mass is 16.3. The van der Waals surface area contributed by atoms with Gasteiger partial charge in [-0.2, -0.15) is 0 Å². The van der Waals surface area contributed by atoms with Crippen molar-refractivity contribution in [1.82, 2.24) is 0 Å². The molecule has 3 atom stereocenters. The van der Waals surface area contributed by atoms with Gasteiger partial charge in [-0.25, -0.2) is 0 Å². The van der Waals surface area contributed by atoms with Gasteiger partial charge in [0.05, 0.1) is 5.60 Å². The lowest BCUT2D eigenvalue weighted by molar-refractivity contribution is 0.0652. The third kappa shape index (κ3) is 0.613. The van der Waals surface area contributed by atoms with E-state index in [1.807, 2.05) is 0 Å². The number of hydrogen-bond acceptors (Lipinski definition) is 1. The van der Waals surface area contributed by atoms with Crippen LogP contribution < -0.4 is 0 Å². The second-order valence-electron chi connectivity index (χ2n) is 3.39.